The molecule has 0 aromatic heterocycles. The highest BCUT2D eigenvalue weighted by molar-refractivity contribution is 4.69. The van der Waals surface area contributed by atoms with E-state index < -0.39 is 0 Å². The molecule has 0 fully saturated rings. The van der Waals surface area contributed by atoms with Crippen molar-refractivity contribution < 1.29 is 0 Å². The summed E-state index contributed by atoms with van der Waals surface area (Å²) in [5.74, 6) is 0. The van der Waals surface area contributed by atoms with Crippen molar-refractivity contribution in [1.82, 2.24) is 0 Å². The van der Waals surface area contributed by atoms with E-state index in [9.17, 15) is 0 Å². The molecule has 0 saturated heterocycles. The van der Waals surface area contributed by atoms with E-state index in [0.29, 0.717) is 0 Å². The van der Waals surface area contributed by atoms with E-state index in [0.717, 1.165) is 6.42 Å². The van der Waals surface area contributed by atoms with Gasteiger partial charge in [-0.3, -0.25) is 0 Å². The first-order valence-corrected chi connectivity index (χ1v) is 3.85. The third kappa shape index (κ3) is 18.0. The Morgan fingerprint density at radius 2 is 1.56 bits per heavy atom. The molecule has 0 rings (SSSR count). The minimum absolute atomic E-state index is 0.0503. The fourth-order valence-electron chi connectivity index (χ4n) is 0.644. The number of hydrogen-bond donors (Lipinski definition) is 1. The molecule has 0 aliphatic heterocycles. The van der Waals surface area contributed by atoms with Gasteiger partial charge in [0.1, 0.15) is 0 Å². The minimum Gasteiger partial charge on any atom is -0.326 e. The molecule has 0 saturated carbocycles. The van der Waals surface area contributed by atoms with Crippen LogP contribution in [0, 0.1) is 0 Å². The van der Waals surface area contributed by atoms with E-state index in [1.807, 2.05) is 13.8 Å². The number of nitrogens with two attached hydrogens (primary N) is 1. The summed E-state index contributed by atoms with van der Waals surface area (Å²) in [7, 11) is 0. The Morgan fingerprint density at radius 1 is 1.22 bits per heavy atom. The Bertz CT molecular complexity index is 43.0. The quantitative estimate of drug-likeness (QED) is 0.612. The SMILES string of the molecule is CC.CCCC(C)(C)N. The first-order valence-electron chi connectivity index (χ1n) is 3.85. The van der Waals surface area contributed by atoms with Crippen molar-refractivity contribution in [2.24, 2.45) is 5.73 Å². The molecule has 0 radical (unpaired) electrons. The van der Waals surface area contributed by atoms with Crippen LogP contribution in [0.15, 0.2) is 0 Å². The van der Waals surface area contributed by atoms with E-state index in [1.54, 1.807) is 0 Å². The molecule has 1 heteroatoms. The maximum atomic E-state index is 5.65. The van der Waals surface area contributed by atoms with Crippen molar-refractivity contribution in [3.63, 3.8) is 0 Å². The van der Waals surface area contributed by atoms with Crippen LogP contribution in [0.4, 0.5) is 0 Å². The molecule has 0 unspecified atom stereocenters. The largest absolute Gasteiger partial charge is 0.326 e. The van der Waals surface area contributed by atoms with Gasteiger partial charge >= 0.3 is 0 Å². The first-order chi connectivity index (χ1) is 4.06. The standard InChI is InChI=1S/C6H15N.C2H6/c1-4-5-6(2,3)7;1-2/h4-5,7H2,1-3H3;1-2H3. The molecular formula is C8H21N. The second kappa shape index (κ2) is 6.09. The smallest absolute Gasteiger partial charge is 0.00969 e. The zero-order valence-corrected chi connectivity index (χ0v) is 7.49. The highest BCUT2D eigenvalue weighted by Gasteiger charge is 2.06. The van der Waals surface area contributed by atoms with Gasteiger partial charge in [-0.15, -0.1) is 0 Å². The molecule has 1 nitrogen and oxygen atoms in total. The lowest BCUT2D eigenvalue weighted by atomic mass is 10.0. The van der Waals surface area contributed by atoms with Crippen molar-refractivity contribution in [2.45, 2.75) is 53.0 Å². The lowest BCUT2D eigenvalue weighted by Gasteiger charge is -2.15. The Morgan fingerprint density at radius 3 is 1.56 bits per heavy atom. The van der Waals surface area contributed by atoms with Gasteiger partial charge in [-0.25, -0.2) is 0 Å². The van der Waals surface area contributed by atoms with Crippen LogP contribution in [0.1, 0.15) is 47.5 Å². The highest BCUT2D eigenvalue weighted by Crippen LogP contribution is 2.04. The van der Waals surface area contributed by atoms with E-state index in [1.165, 1.54) is 6.42 Å². The van der Waals surface area contributed by atoms with Crippen LogP contribution in [0.25, 0.3) is 0 Å². The molecule has 2 N–H and O–H groups in total. The summed E-state index contributed by atoms with van der Waals surface area (Å²) in [5, 5.41) is 0. The molecule has 0 atom stereocenters. The third-order valence-corrected chi connectivity index (χ3v) is 0.894. The normalized spacial score (nSPS) is 10.0. The summed E-state index contributed by atoms with van der Waals surface area (Å²) >= 11 is 0. The Hall–Kier alpha value is -0.0400. The zero-order valence-electron chi connectivity index (χ0n) is 7.49. The molecule has 58 valence electrons. The van der Waals surface area contributed by atoms with E-state index in [4.69, 9.17) is 5.73 Å². The predicted molar refractivity (Wildman–Crippen MR) is 44.5 cm³/mol. The average Bonchev–Trinajstić information content (AvgIpc) is 1.69. The third-order valence-electron chi connectivity index (χ3n) is 0.894. The van der Waals surface area contributed by atoms with Crippen molar-refractivity contribution in [1.29, 1.82) is 0 Å². The van der Waals surface area contributed by atoms with Gasteiger partial charge in [0.2, 0.25) is 0 Å². The van der Waals surface area contributed by atoms with Crippen LogP contribution in [0.3, 0.4) is 0 Å². The second-order valence-corrected chi connectivity index (χ2v) is 2.74. The summed E-state index contributed by atoms with van der Waals surface area (Å²) in [6.45, 7) is 10.3. The van der Waals surface area contributed by atoms with E-state index >= 15 is 0 Å². The van der Waals surface area contributed by atoms with Crippen LogP contribution in [0.5, 0.6) is 0 Å². The first kappa shape index (κ1) is 11.7. The number of hydrogen-bond acceptors (Lipinski definition) is 1. The molecule has 9 heavy (non-hydrogen) atoms. The molecular weight excluding hydrogens is 110 g/mol. The lowest BCUT2D eigenvalue weighted by Crippen LogP contribution is -2.31. The monoisotopic (exact) mass is 131 g/mol. The predicted octanol–water partition coefficient (Wildman–Crippen LogP) is 2.55. The van der Waals surface area contributed by atoms with E-state index in [2.05, 4.69) is 20.8 Å². The minimum atomic E-state index is 0.0503. The molecule has 0 amide bonds. The van der Waals surface area contributed by atoms with Gasteiger partial charge in [-0.1, -0.05) is 27.2 Å². The van der Waals surface area contributed by atoms with Crippen molar-refractivity contribution in [3.05, 3.63) is 0 Å². The fourth-order valence-corrected chi connectivity index (χ4v) is 0.644. The van der Waals surface area contributed by atoms with Gasteiger partial charge in [0.05, 0.1) is 0 Å². The topological polar surface area (TPSA) is 26.0 Å². The van der Waals surface area contributed by atoms with E-state index in [-0.39, 0.29) is 5.54 Å². The van der Waals surface area contributed by atoms with Crippen LogP contribution in [-0.4, -0.2) is 5.54 Å². The number of rotatable bonds is 2. The second-order valence-electron chi connectivity index (χ2n) is 2.74. The average molecular weight is 131 g/mol. The van der Waals surface area contributed by atoms with Crippen LogP contribution in [0.2, 0.25) is 0 Å². The lowest BCUT2D eigenvalue weighted by molar-refractivity contribution is 0.470. The molecule has 0 aliphatic rings. The Kier molecular flexibility index (Phi) is 7.92. The van der Waals surface area contributed by atoms with Gasteiger partial charge in [-0.05, 0) is 20.3 Å². The molecule has 0 aromatic carbocycles. The molecule has 0 aliphatic carbocycles. The highest BCUT2D eigenvalue weighted by atomic mass is 14.7. The maximum Gasteiger partial charge on any atom is 0.00969 e. The summed E-state index contributed by atoms with van der Waals surface area (Å²) in [4.78, 5) is 0. The van der Waals surface area contributed by atoms with Crippen molar-refractivity contribution >= 4 is 0 Å². The van der Waals surface area contributed by atoms with Crippen molar-refractivity contribution in [2.75, 3.05) is 0 Å². The zero-order chi connectivity index (χ0) is 7.91. The summed E-state index contributed by atoms with van der Waals surface area (Å²) in [5.41, 5.74) is 5.70. The molecule has 0 bridgehead atoms. The van der Waals surface area contributed by atoms with Crippen LogP contribution in [-0.2, 0) is 0 Å². The fraction of sp³-hybridized carbons (Fsp3) is 1.00. The van der Waals surface area contributed by atoms with Gasteiger partial charge in [0.25, 0.3) is 0 Å². The molecule has 0 spiro atoms. The molecule has 0 aromatic rings. The van der Waals surface area contributed by atoms with Gasteiger partial charge < -0.3 is 5.73 Å². The van der Waals surface area contributed by atoms with Crippen molar-refractivity contribution in [3.8, 4) is 0 Å². The van der Waals surface area contributed by atoms with Crippen LogP contribution >= 0.6 is 0 Å². The maximum absolute atomic E-state index is 5.65. The Balaban J connectivity index is 0. The summed E-state index contributed by atoms with van der Waals surface area (Å²) < 4.78 is 0. The summed E-state index contributed by atoms with van der Waals surface area (Å²) in [6.07, 6.45) is 2.30. The molecule has 0 heterocycles. The van der Waals surface area contributed by atoms with Crippen LogP contribution < -0.4 is 5.73 Å². The Labute approximate surface area is 59.6 Å². The summed E-state index contributed by atoms with van der Waals surface area (Å²) in [6, 6.07) is 0. The van der Waals surface area contributed by atoms with Gasteiger partial charge in [-0.2, -0.15) is 0 Å². The van der Waals surface area contributed by atoms with Gasteiger partial charge in [0, 0.05) is 5.54 Å². The van der Waals surface area contributed by atoms with Gasteiger partial charge in [0.15, 0.2) is 0 Å².